The summed E-state index contributed by atoms with van der Waals surface area (Å²) >= 11 is 0. The second-order valence-corrected chi connectivity index (χ2v) is 5.47. The molecule has 0 aliphatic carbocycles. The predicted octanol–water partition coefficient (Wildman–Crippen LogP) is 1.56. The average molecular weight is 319 g/mol. The third-order valence-corrected chi connectivity index (χ3v) is 3.86. The molecule has 3 aromatic heterocycles. The normalized spacial score (nSPS) is 11.2. The Balaban J connectivity index is 1.91. The molecule has 2 N–H and O–H groups in total. The van der Waals surface area contributed by atoms with Crippen LogP contribution in [0.1, 0.15) is 11.3 Å². The molecule has 0 aliphatic heterocycles. The summed E-state index contributed by atoms with van der Waals surface area (Å²) in [6.45, 7) is 1.18. The van der Waals surface area contributed by atoms with Crippen molar-refractivity contribution in [2.24, 2.45) is 5.73 Å². The largest absolute Gasteiger partial charge is 0.330 e. The van der Waals surface area contributed by atoms with Gasteiger partial charge in [0.15, 0.2) is 5.65 Å². The van der Waals surface area contributed by atoms with Gasteiger partial charge in [-0.05, 0) is 18.2 Å². The second kappa shape index (κ2) is 6.21. The van der Waals surface area contributed by atoms with Gasteiger partial charge in [0.25, 0.3) is 0 Å². The van der Waals surface area contributed by atoms with E-state index in [1.54, 1.807) is 17.2 Å². The van der Waals surface area contributed by atoms with Crippen LogP contribution >= 0.6 is 0 Å². The predicted molar refractivity (Wildman–Crippen MR) is 90.7 cm³/mol. The van der Waals surface area contributed by atoms with Crippen LogP contribution in [0.3, 0.4) is 0 Å². The molecule has 0 aliphatic rings. The van der Waals surface area contributed by atoms with Gasteiger partial charge in [-0.2, -0.15) is 5.10 Å². The number of imidazole rings is 1. The van der Waals surface area contributed by atoms with Crippen LogP contribution in [-0.4, -0.2) is 35.8 Å². The van der Waals surface area contributed by atoms with E-state index in [9.17, 15) is 0 Å². The van der Waals surface area contributed by atoms with E-state index < -0.39 is 0 Å². The minimum absolute atomic E-state index is 0.523. The third-order valence-electron chi connectivity index (χ3n) is 3.86. The summed E-state index contributed by atoms with van der Waals surface area (Å²) in [6, 6.07) is 12.1. The average Bonchev–Trinajstić information content (AvgIpc) is 3.25. The lowest BCUT2D eigenvalue weighted by molar-refractivity contribution is 0.715. The SMILES string of the molecule is NCCc1ncnc2c1nc(-n1cccn1)n2Cc1ccccc1. The van der Waals surface area contributed by atoms with Crippen molar-refractivity contribution in [2.75, 3.05) is 6.54 Å². The number of nitrogens with two attached hydrogens (primary N) is 1. The maximum absolute atomic E-state index is 5.70. The Morgan fingerprint density at radius 3 is 2.67 bits per heavy atom. The van der Waals surface area contributed by atoms with E-state index in [0.29, 0.717) is 19.5 Å². The van der Waals surface area contributed by atoms with Gasteiger partial charge in [-0.25, -0.2) is 19.6 Å². The van der Waals surface area contributed by atoms with Gasteiger partial charge in [0, 0.05) is 18.8 Å². The molecule has 0 radical (unpaired) electrons. The first-order chi connectivity index (χ1) is 11.9. The quantitative estimate of drug-likeness (QED) is 0.603. The number of fused-ring (bicyclic) bond motifs is 1. The van der Waals surface area contributed by atoms with Gasteiger partial charge in [-0.1, -0.05) is 30.3 Å². The van der Waals surface area contributed by atoms with Crippen molar-refractivity contribution in [1.29, 1.82) is 0 Å². The Bertz CT molecular complexity index is 942. The van der Waals surface area contributed by atoms with Gasteiger partial charge in [-0.3, -0.25) is 4.57 Å². The van der Waals surface area contributed by atoms with E-state index >= 15 is 0 Å². The van der Waals surface area contributed by atoms with E-state index in [2.05, 4.69) is 31.8 Å². The summed E-state index contributed by atoms with van der Waals surface area (Å²) < 4.78 is 3.80. The van der Waals surface area contributed by atoms with E-state index in [0.717, 1.165) is 22.8 Å². The van der Waals surface area contributed by atoms with Crippen LogP contribution in [0.25, 0.3) is 17.1 Å². The van der Waals surface area contributed by atoms with Crippen molar-refractivity contribution in [2.45, 2.75) is 13.0 Å². The van der Waals surface area contributed by atoms with Gasteiger partial charge >= 0.3 is 0 Å². The summed E-state index contributed by atoms with van der Waals surface area (Å²) in [5, 5.41) is 4.32. The second-order valence-electron chi connectivity index (χ2n) is 5.47. The Kier molecular flexibility index (Phi) is 3.76. The lowest BCUT2D eigenvalue weighted by Crippen LogP contribution is -2.09. The summed E-state index contributed by atoms with van der Waals surface area (Å²) in [5.41, 5.74) is 9.31. The van der Waals surface area contributed by atoms with Crippen LogP contribution in [0.15, 0.2) is 55.1 Å². The lowest BCUT2D eigenvalue weighted by Gasteiger charge is -2.08. The Morgan fingerprint density at radius 2 is 1.92 bits per heavy atom. The van der Waals surface area contributed by atoms with Crippen LogP contribution in [0.4, 0.5) is 0 Å². The molecule has 7 heteroatoms. The van der Waals surface area contributed by atoms with Gasteiger partial charge < -0.3 is 5.73 Å². The molecule has 0 spiro atoms. The molecular weight excluding hydrogens is 302 g/mol. The summed E-state index contributed by atoms with van der Waals surface area (Å²) in [6.07, 6.45) is 5.85. The molecule has 3 heterocycles. The van der Waals surface area contributed by atoms with Crippen LogP contribution in [0.2, 0.25) is 0 Å². The third kappa shape index (κ3) is 2.55. The molecule has 0 unspecified atom stereocenters. The summed E-state index contributed by atoms with van der Waals surface area (Å²) in [7, 11) is 0. The molecule has 0 amide bonds. The highest BCUT2D eigenvalue weighted by Gasteiger charge is 2.17. The van der Waals surface area contributed by atoms with E-state index in [-0.39, 0.29) is 0 Å². The fourth-order valence-corrected chi connectivity index (χ4v) is 2.77. The molecule has 4 aromatic rings. The standard InChI is InChI=1S/C17H17N7/c18-8-7-14-15-16(20-12-19-14)23(11-13-5-2-1-3-6-13)17(22-15)24-10-4-9-21-24/h1-6,9-10,12H,7-8,11,18H2. The minimum Gasteiger partial charge on any atom is -0.330 e. The molecule has 24 heavy (non-hydrogen) atoms. The van der Waals surface area contributed by atoms with Crippen molar-refractivity contribution in [1.82, 2.24) is 29.3 Å². The molecular formula is C17H17N7. The van der Waals surface area contributed by atoms with E-state index in [1.165, 1.54) is 5.56 Å². The topological polar surface area (TPSA) is 87.4 Å². The van der Waals surface area contributed by atoms with E-state index in [1.807, 2.05) is 30.5 Å². The number of benzene rings is 1. The maximum Gasteiger partial charge on any atom is 0.233 e. The highest BCUT2D eigenvalue weighted by molar-refractivity contribution is 5.75. The Morgan fingerprint density at radius 1 is 1.04 bits per heavy atom. The molecule has 0 saturated carbocycles. The number of aromatic nitrogens is 6. The van der Waals surface area contributed by atoms with Crippen molar-refractivity contribution >= 4 is 11.2 Å². The van der Waals surface area contributed by atoms with Gasteiger partial charge in [0.1, 0.15) is 11.8 Å². The van der Waals surface area contributed by atoms with Crippen LogP contribution < -0.4 is 5.73 Å². The van der Waals surface area contributed by atoms with Crippen LogP contribution in [0, 0.1) is 0 Å². The number of rotatable bonds is 5. The lowest BCUT2D eigenvalue weighted by atomic mass is 10.2. The molecule has 0 atom stereocenters. The monoisotopic (exact) mass is 319 g/mol. The molecule has 0 fully saturated rings. The van der Waals surface area contributed by atoms with Crippen molar-refractivity contribution in [3.63, 3.8) is 0 Å². The molecule has 120 valence electrons. The maximum atomic E-state index is 5.70. The number of hydrogen-bond donors (Lipinski definition) is 1. The molecule has 4 rings (SSSR count). The molecule has 0 saturated heterocycles. The Labute approximate surface area is 138 Å². The van der Waals surface area contributed by atoms with Gasteiger partial charge in [0.05, 0.1) is 12.2 Å². The number of hydrogen-bond acceptors (Lipinski definition) is 5. The van der Waals surface area contributed by atoms with Gasteiger partial charge in [-0.15, -0.1) is 0 Å². The number of nitrogens with zero attached hydrogens (tertiary/aromatic N) is 6. The fourth-order valence-electron chi connectivity index (χ4n) is 2.77. The first-order valence-electron chi connectivity index (χ1n) is 7.81. The summed E-state index contributed by atoms with van der Waals surface area (Å²) in [4.78, 5) is 13.6. The zero-order chi connectivity index (χ0) is 16.4. The van der Waals surface area contributed by atoms with Crippen molar-refractivity contribution < 1.29 is 0 Å². The highest BCUT2D eigenvalue weighted by Crippen LogP contribution is 2.20. The summed E-state index contributed by atoms with van der Waals surface area (Å²) in [5.74, 6) is 0.720. The molecule has 7 nitrogen and oxygen atoms in total. The van der Waals surface area contributed by atoms with E-state index in [4.69, 9.17) is 10.7 Å². The van der Waals surface area contributed by atoms with Crippen LogP contribution in [0.5, 0.6) is 0 Å². The first kappa shape index (κ1) is 14.5. The zero-order valence-electron chi connectivity index (χ0n) is 13.1. The fraction of sp³-hybridized carbons (Fsp3) is 0.176. The van der Waals surface area contributed by atoms with Crippen molar-refractivity contribution in [3.8, 4) is 5.95 Å². The van der Waals surface area contributed by atoms with Crippen LogP contribution in [-0.2, 0) is 13.0 Å². The minimum atomic E-state index is 0.523. The van der Waals surface area contributed by atoms with Crippen molar-refractivity contribution in [3.05, 3.63) is 66.4 Å². The molecule has 1 aromatic carbocycles. The highest BCUT2D eigenvalue weighted by atomic mass is 15.4. The zero-order valence-corrected chi connectivity index (χ0v) is 13.1. The first-order valence-corrected chi connectivity index (χ1v) is 7.81. The smallest absolute Gasteiger partial charge is 0.233 e. The molecule has 0 bridgehead atoms. The Hall–Kier alpha value is -3.06. The van der Waals surface area contributed by atoms with Gasteiger partial charge in [0.2, 0.25) is 5.95 Å².